The number of hydrogen-bond acceptors (Lipinski definition) is 3. The summed E-state index contributed by atoms with van der Waals surface area (Å²) in [6.07, 6.45) is 0. The maximum atomic E-state index is 13.0. The first-order chi connectivity index (χ1) is 14.3. The van der Waals surface area contributed by atoms with Crippen molar-refractivity contribution < 1.29 is 9.53 Å². The Morgan fingerprint density at radius 1 is 0.759 bits per heavy atom. The molecule has 29 heavy (non-hydrogen) atoms. The highest BCUT2D eigenvalue weighted by Gasteiger charge is 2.29. The molecule has 4 nitrogen and oxygen atoms in total. The summed E-state index contributed by atoms with van der Waals surface area (Å²) < 4.78 is 5.37. The van der Waals surface area contributed by atoms with Crippen LogP contribution in [0, 0.1) is 0 Å². The SMILES string of the molecule is COc1ccccc1C(=O)N1CCN(C(c2ccccc2)c2ccccc2)CC1. The third kappa shape index (κ3) is 4.17. The molecule has 1 amide bonds. The summed E-state index contributed by atoms with van der Waals surface area (Å²) in [5, 5.41) is 0. The average molecular weight is 386 g/mol. The van der Waals surface area contributed by atoms with Gasteiger partial charge in [-0.05, 0) is 23.3 Å². The Morgan fingerprint density at radius 3 is 1.83 bits per heavy atom. The number of carbonyl (C=O) groups excluding carboxylic acids is 1. The molecule has 1 aliphatic rings. The first-order valence-corrected chi connectivity index (χ1v) is 10.0. The number of benzene rings is 3. The lowest BCUT2D eigenvalue weighted by Crippen LogP contribution is -2.49. The molecule has 0 aliphatic carbocycles. The van der Waals surface area contributed by atoms with Crippen molar-refractivity contribution >= 4 is 5.91 Å². The highest BCUT2D eigenvalue weighted by molar-refractivity contribution is 5.97. The van der Waals surface area contributed by atoms with Crippen LogP contribution in [0.5, 0.6) is 5.75 Å². The minimum atomic E-state index is 0.0399. The van der Waals surface area contributed by atoms with E-state index in [0.29, 0.717) is 24.4 Å². The monoisotopic (exact) mass is 386 g/mol. The molecule has 3 aromatic carbocycles. The first kappa shape index (κ1) is 19.2. The van der Waals surface area contributed by atoms with Crippen molar-refractivity contribution in [1.29, 1.82) is 0 Å². The third-order valence-corrected chi connectivity index (χ3v) is 5.53. The Balaban J connectivity index is 1.52. The summed E-state index contributed by atoms with van der Waals surface area (Å²) in [4.78, 5) is 17.4. The van der Waals surface area contributed by atoms with Gasteiger partial charge in [-0.25, -0.2) is 0 Å². The van der Waals surface area contributed by atoms with E-state index in [0.717, 1.165) is 13.1 Å². The van der Waals surface area contributed by atoms with E-state index in [1.165, 1.54) is 11.1 Å². The van der Waals surface area contributed by atoms with E-state index in [-0.39, 0.29) is 11.9 Å². The third-order valence-electron chi connectivity index (χ3n) is 5.53. The first-order valence-electron chi connectivity index (χ1n) is 10.0. The number of carbonyl (C=O) groups is 1. The van der Waals surface area contributed by atoms with Gasteiger partial charge in [0.1, 0.15) is 5.75 Å². The lowest BCUT2D eigenvalue weighted by Gasteiger charge is -2.40. The second kappa shape index (κ2) is 8.93. The van der Waals surface area contributed by atoms with Gasteiger partial charge in [0.25, 0.3) is 5.91 Å². The Kier molecular flexibility index (Phi) is 5.92. The second-order valence-corrected chi connectivity index (χ2v) is 7.25. The van der Waals surface area contributed by atoms with Gasteiger partial charge in [0.15, 0.2) is 0 Å². The summed E-state index contributed by atoms with van der Waals surface area (Å²) in [7, 11) is 1.61. The van der Waals surface area contributed by atoms with E-state index >= 15 is 0 Å². The molecule has 1 saturated heterocycles. The summed E-state index contributed by atoms with van der Waals surface area (Å²) in [6.45, 7) is 3.06. The van der Waals surface area contributed by atoms with Crippen LogP contribution in [0.2, 0.25) is 0 Å². The Morgan fingerprint density at radius 2 is 1.28 bits per heavy atom. The van der Waals surface area contributed by atoms with Gasteiger partial charge in [0.05, 0.1) is 18.7 Å². The summed E-state index contributed by atoms with van der Waals surface area (Å²) in [6, 6.07) is 28.8. The van der Waals surface area contributed by atoms with Gasteiger partial charge >= 0.3 is 0 Å². The molecule has 1 fully saturated rings. The number of nitrogens with zero attached hydrogens (tertiary/aromatic N) is 2. The molecule has 4 heteroatoms. The molecular formula is C25H26N2O2. The summed E-state index contributed by atoms with van der Waals surface area (Å²) in [5.41, 5.74) is 3.19. The van der Waals surface area contributed by atoms with Gasteiger partial charge in [0, 0.05) is 26.2 Å². The van der Waals surface area contributed by atoms with E-state index in [4.69, 9.17) is 4.74 Å². The second-order valence-electron chi connectivity index (χ2n) is 7.25. The number of rotatable bonds is 5. The van der Waals surface area contributed by atoms with Crippen LogP contribution in [0.1, 0.15) is 27.5 Å². The van der Waals surface area contributed by atoms with Crippen molar-refractivity contribution in [1.82, 2.24) is 9.80 Å². The van der Waals surface area contributed by atoms with Gasteiger partial charge in [-0.15, -0.1) is 0 Å². The number of para-hydroxylation sites is 1. The molecule has 1 heterocycles. The van der Waals surface area contributed by atoms with Crippen molar-refractivity contribution in [3.05, 3.63) is 102 Å². The number of piperazine rings is 1. The molecule has 0 aromatic heterocycles. The van der Waals surface area contributed by atoms with Crippen LogP contribution in [0.25, 0.3) is 0 Å². The molecular weight excluding hydrogens is 360 g/mol. The van der Waals surface area contributed by atoms with Crippen molar-refractivity contribution in [3.63, 3.8) is 0 Å². The van der Waals surface area contributed by atoms with Gasteiger partial charge < -0.3 is 9.64 Å². The van der Waals surface area contributed by atoms with Crippen molar-refractivity contribution in [3.8, 4) is 5.75 Å². The maximum absolute atomic E-state index is 13.0. The Hall–Kier alpha value is -3.11. The molecule has 0 spiro atoms. The molecule has 1 aliphatic heterocycles. The van der Waals surface area contributed by atoms with Crippen LogP contribution in [-0.2, 0) is 0 Å². The van der Waals surface area contributed by atoms with E-state index in [1.54, 1.807) is 7.11 Å². The molecule has 4 rings (SSSR count). The van der Waals surface area contributed by atoms with Gasteiger partial charge in [-0.1, -0.05) is 72.8 Å². The Labute approximate surface area is 172 Å². The van der Waals surface area contributed by atoms with E-state index < -0.39 is 0 Å². The van der Waals surface area contributed by atoms with E-state index in [9.17, 15) is 4.79 Å². The fourth-order valence-electron chi connectivity index (χ4n) is 4.06. The zero-order valence-corrected chi connectivity index (χ0v) is 16.7. The van der Waals surface area contributed by atoms with Gasteiger partial charge in [0.2, 0.25) is 0 Å². The molecule has 0 radical (unpaired) electrons. The lowest BCUT2D eigenvalue weighted by molar-refractivity contribution is 0.0594. The lowest BCUT2D eigenvalue weighted by atomic mass is 9.96. The van der Waals surface area contributed by atoms with Crippen LogP contribution in [0.4, 0.5) is 0 Å². The highest BCUT2D eigenvalue weighted by atomic mass is 16.5. The normalized spacial score (nSPS) is 14.8. The maximum Gasteiger partial charge on any atom is 0.257 e. The highest BCUT2D eigenvalue weighted by Crippen LogP contribution is 2.30. The molecule has 3 aromatic rings. The predicted molar refractivity (Wildman–Crippen MR) is 115 cm³/mol. The molecule has 0 N–H and O–H groups in total. The van der Waals surface area contributed by atoms with Crippen molar-refractivity contribution in [2.24, 2.45) is 0 Å². The van der Waals surface area contributed by atoms with E-state index in [2.05, 4.69) is 65.6 Å². The summed E-state index contributed by atoms with van der Waals surface area (Å²) >= 11 is 0. The van der Waals surface area contributed by atoms with Crippen molar-refractivity contribution in [2.75, 3.05) is 33.3 Å². The largest absolute Gasteiger partial charge is 0.496 e. The molecule has 0 bridgehead atoms. The molecule has 0 saturated carbocycles. The van der Waals surface area contributed by atoms with Crippen LogP contribution < -0.4 is 4.74 Å². The topological polar surface area (TPSA) is 32.8 Å². The fourth-order valence-corrected chi connectivity index (χ4v) is 4.06. The average Bonchev–Trinajstić information content (AvgIpc) is 2.81. The minimum absolute atomic E-state index is 0.0399. The zero-order chi connectivity index (χ0) is 20.1. The number of methoxy groups -OCH3 is 1. The molecule has 148 valence electrons. The molecule has 0 atom stereocenters. The zero-order valence-electron chi connectivity index (χ0n) is 16.7. The summed E-state index contributed by atoms with van der Waals surface area (Å²) in [5.74, 6) is 0.671. The Bertz CT molecular complexity index is 896. The number of amides is 1. The smallest absolute Gasteiger partial charge is 0.257 e. The van der Waals surface area contributed by atoms with Crippen LogP contribution in [0.15, 0.2) is 84.9 Å². The number of hydrogen-bond donors (Lipinski definition) is 0. The van der Waals surface area contributed by atoms with Crippen LogP contribution in [-0.4, -0.2) is 49.0 Å². The van der Waals surface area contributed by atoms with Crippen LogP contribution >= 0.6 is 0 Å². The van der Waals surface area contributed by atoms with Gasteiger partial charge in [-0.2, -0.15) is 0 Å². The number of ether oxygens (including phenoxy) is 1. The van der Waals surface area contributed by atoms with Crippen molar-refractivity contribution in [2.45, 2.75) is 6.04 Å². The minimum Gasteiger partial charge on any atom is -0.496 e. The molecule has 0 unspecified atom stereocenters. The predicted octanol–water partition coefficient (Wildman–Crippen LogP) is 4.24. The standard InChI is InChI=1S/C25H26N2O2/c1-29-23-15-9-8-14-22(23)25(28)27-18-16-26(17-19-27)24(20-10-4-2-5-11-20)21-12-6-3-7-13-21/h2-15,24H,16-19H2,1H3. The quantitative estimate of drug-likeness (QED) is 0.657. The van der Waals surface area contributed by atoms with Gasteiger partial charge in [-0.3, -0.25) is 9.69 Å². The fraction of sp³-hybridized carbons (Fsp3) is 0.240. The van der Waals surface area contributed by atoms with Crippen LogP contribution in [0.3, 0.4) is 0 Å². The van der Waals surface area contributed by atoms with E-state index in [1.807, 2.05) is 29.2 Å².